The zero-order valence-corrected chi connectivity index (χ0v) is 18.6. The number of sulfonamides is 1. The van der Waals surface area contributed by atoms with Crippen molar-refractivity contribution in [2.45, 2.75) is 63.9 Å². The number of ketones is 1. The van der Waals surface area contributed by atoms with Crippen LogP contribution in [-0.2, 0) is 16.6 Å². The van der Waals surface area contributed by atoms with E-state index in [4.69, 9.17) is 0 Å². The van der Waals surface area contributed by atoms with Gasteiger partial charge in [-0.3, -0.25) is 9.59 Å². The maximum absolute atomic E-state index is 12.4. The highest BCUT2D eigenvalue weighted by Crippen LogP contribution is 2.13. The van der Waals surface area contributed by atoms with E-state index in [1.165, 1.54) is 31.2 Å². The highest BCUT2D eigenvalue weighted by atomic mass is 32.2. The Kier molecular flexibility index (Phi) is 8.74. The van der Waals surface area contributed by atoms with Crippen molar-refractivity contribution in [3.05, 3.63) is 65.2 Å². The van der Waals surface area contributed by atoms with Gasteiger partial charge in [0.1, 0.15) is 0 Å². The standard InChI is InChI=1S/C23H30N2O4S/c1-4-5-6-7-17(2)25-23(27)21-10-8-19(9-11-21)16-24-30(28,29)22-14-12-20(13-15-22)18(3)26/h8-15,17,24H,4-7,16H2,1-3H3,(H,25,27). The molecule has 2 rings (SSSR count). The van der Waals surface area contributed by atoms with Crippen molar-refractivity contribution < 1.29 is 18.0 Å². The number of amides is 1. The number of Topliss-reactive ketones (excluding diaryl/α,β-unsaturated/α-hetero) is 1. The lowest BCUT2D eigenvalue weighted by atomic mass is 10.1. The number of hydrogen-bond acceptors (Lipinski definition) is 4. The third-order valence-electron chi connectivity index (χ3n) is 4.87. The van der Waals surface area contributed by atoms with Crippen LogP contribution in [0.15, 0.2) is 53.4 Å². The van der Waals surface area contributed by atoms with E-state index in [-0.39, 0.29) is 29.2 Å². The number of nitrogens with one attached hydrogen (secondary N) is 2. The van der Waals surface area contributed by atoms with Gasteiger partial charge in [-0.1, -0.05) is 50.5 Å². The molecule has 0 fully saturated rings. The minimum atomic E-state index is -3.70. The summed E-state index contributed by atoms with van der Waals surface area (Å²) in [6.07, 6.45) is 4.35. The zero-order valence-electron chi connectivity index (χ0n) is 17.8. The summed E-state index contributed by atoms with van der Waals surface area (Å²) in [6, 6.07) is 12.8. The van der Waals surface area contributed by atoms with Gasteiger partial charge in [0.25, 0.3) is 5.91 Å². The highest BCUT2D eigenvalue weighted by molar-refractivity contribution is 7.89. The molecule has 0 aliphatic carbocycles. The van der Waals surface area contributed by atoms with Crippen LogP contribution in [0.5, 0.6) is 0 Å². The predicted molar refractivity (Wildman–Crippen MR) is 118 cm³/mol. The minimum absolute atomic E-state index is 0.0977. The van der Waals surface area contributed by atoms with Crippen LogP contribution in [0.4, 0.5) is 0 Å². The molecule has 0 saturated carbocycles. The van der Waals surface area contributed by atoms with E-state index >= 15 is 0 Å². The number of carbonyl (C=O) groups excluding carboxylic acids is 2. The fraction of sp³-hybridized carbons (Fsp3) is 0.391. The number of benzene rings is 2. The summed E-state index contributed by atoms with van der Waals surface area (Å²) in [6.45, 7) is 5.68. The maximum Gasteiger partial charge on any atom is 0.251 e. The first-order valence-electron chi connectivity index (χ1n) is 10.2. The second kappa shape index (κ2) is 11.0. The monoisotopic (exact) mass is 430 g/mol. The van der Waals surface area contributed by atoms with Crippen molar-refractivity contribution >= 4 is 21.7 Å². The smallest absolute Gasteiger partial charge is 0.251 e. The Labute approximate surface area is 179 Å². The van der Waals surface area contributed by atoms with Crippen LogP contribution in [-0.4, -0.2) is 26.2 Å². The number of hydrogen-bond donors (Lipinski definition) is 2. The van der Waals surface area contributed by atoms with Crippen molar-refractivity contribution in [2.24, 2.45) is 0 Å². The molecule has 1 amide bonds. The van der Waals surface area contributed by atoms with Crippen LogP contribution < -0.4 is 10.0 Å². The van der Waals surface area contributed by atoms with E-state index in [1.807, 2.05) is 6.92 Å². The van der Waals surface area contributed by atoms with Gasteiger partial charge in [-0.25, -0.2) is 13.1 Å². The van der Waals surface area contributed by atoms with E-state index in [1.54, 1.807) is 24.3 Å². The number of rotatable bonds is 11. The Bertz CT molecular complexity index is 952. The van der Waals surface area contributed by atoms with E-state index in [0.717, 1.165) is 31.2 Å². The summed E-state index contributed by atoms with van der Waals surface area (Å²) in [5, 5.41) is 2.99. The first-order valence-corrected chi connectivity index (χ1v) is 11.7. The summed E-state index contributed by atoms with van der Waals surface area (Å²) in [4.78, 5) is 23.7. The van der Waals surface area contributed by atoms with Crippen LogP contribution in [0.2, 0.25) is 0 Å². The fourth-order valence-corrected chi connectivity index (χ4v) is 4.00. The molecule has 0 heterocycles. The number of carbonyl (C=O) groups is 2. The van der Waals surface area contributed by atoms with Gasteiger partial charge in [0, 0.05) is 23.7 Å². The molecule has 162 valence electrons. The molecular weight excluding hydrogens is 400 g/mol. The van der Waals surface area contributed by atoms with Gasteiger partial charge in [-0.05, 0) is 50.1 Å². The number of unbranched alkanes of at least 4 members (excludes halogenated alkanes) is 2. The molecule has 0 saturated heterocycles. The Morgan fingerprint density at radius 3 is 2.10 bits per heavy atom. The van der Waals surface area contributed by atoms with Crippen molar-refractivity contribution in [3.63, 3.8) is 0 Å². The highest BCUT2D eigenvalue weighted by Gasteiger charge is 2.15. The molecule has 0 aromatic heterocycles. The molecule has 0 radical (unpaired) electrons. The Morgan fingerprint density at radius 2 is 1.53 bits per heavy atom. The molecule has 6 nitrogen and oxygen atoms in total. The van der Waals surface area contributed by atoms with E-state index in [9.17, 15) is 18.0 Å². The van der Waals surface area contributed by atoms with Gasteiger partial charge < -0.3 is 5.32 Å². The minimum Gasteiger partial charge on any atom is -0.350 e. The summed E-state index contributed by atoms with van der Waals surface area (Å²) in [5.74, 6) is -0.247. The molecule has 0 aliphatic rings. The summed E-state index contributed by atoms with van der Waals surface area (Å²) >= 11 is 0. The van der Waals surface area contributed by atoms with Gasteiger partial charge in [0.15, 0.2) is 5.78 Å². The summed E-state index contributed by atoms with van der Waals surface area (Å²) < 4.78 is 27.4. The normalized spacial score (nSPS) is 12.4. The zero-order chi connectivity index (χ0) is 22.1. The van der Waals surface area contributed by atoms with E-state index < -0.39 is 10.0 Å². The van der Waals surface area contributed by atoms with Crippen LogP contribution in [0.3, 0.4) is 0 Å². The van der Waals surface area contributed by atoms with Gasteiger partial charge in [-0.15, -0.1) is 0 Å². The van der Waals surface area contributed by atoms with Crippen LogP contribution in [0.1, 0.15) is 72.7 Å². The molecule has 0 aliphatic heterocycles. The van der Waals surface area contributed by atoms with E-state index in [2.05, 4.69) is 17.0 Å². The Balaban J connectivity index is 1.92. The van der Waals surface area contributed by atoms with Crippen molar-refractivity contribution in [1.82, 2.24) is 10.0 Å². The average molecular weight is 431 g/mol. The van der Waals surface area contributed by atoms with Crippen LogP contribution in [0, 0.1) is 0 Å². The van der Waals surface area contributed by atoms with Crippen LogP contribution >= 0.6 is 0 Å². The van der Waals surface area contributed by atoms with Crippen molar-refractivity contribution in [2.75, 3.05) is 0 Å². The summed E-state index contributed by atoms with van der Waals surface area (Å²) in [7, 11) is -3.70. The van der Waals surface area contributed by atoms with Gasteiger partial charge in [-0.2, -0.15) is 0 Å². The second-order valence-corrected chi connectivity index (χ2v) is 9.24. The van der Waals surface area contributed by atoms with Gasteiger partial charge in [0.2, 0.25) is 10.0 Å². The Morgan fingerprint density at radius 1 is 0.933 bits per heavy atom. The second-order valence-electron chi connectivity index (χ2n) is 7.47. The lowest BCUT2D eigenvalue weighted by molar-refractivity contribution is 0.0937. The summed E-state index contributed by atoms with van der Waals surface area (Å²) in [5.41, 5.74) is 1.75. The first kappa shape index (κ1) is 23.8. The molecule has 2 N–H and O–H groups in total. The molecule has 30 heavy (non-hydrogen) atoms. The van der Waals surface area contributed by atoms with Gasteiger partial charge >= 0.3 is 0 Å². The molecule has 2 aromatic rings. The molecule has 0 bridgehead atoms. The van der Waals surface area contributed by atoms with Crippen molar-refractivity contribution in [3.8, 4) is 0 Å². The third kappa shape index (κ3) is 7.07. The molecule has 1 unspecified atom stereocenters. The van der Waals surface area contributed by atoms with E-state index in [0.29, 0.717) is 11.1 Å². The first-order chi connectivity index (χ1) is 14.2. The SMILES string of the molecule is CCCCCC(C)NC(=O)c1ccc(CNS(=O)(=O)c2ccc(C(C)=O)cc2)cc1. The quantitative estimate of drug-likeness (QED) is 0.415. The van der Waals surface area contributed by atoms with Crippen molar-refractivity contribution in [1.29, 1.82) is 0 Å². The predicted octanol–water partition coefficient (Wildman–Crippen LogP) is 4.07. The van der Waals surface area contributed by atoms with Crippen LogP contribution in [0.25, 0.3) is 0 Å². The van der Waals surface area contributed by atoms with Gasteiger partial charge in [0.05, 0.1) is 4.90 Å². The molecule has 0 spiro atoms. The Hall–Kier alpha value is -2.51. The maximum atomic E-state index is 12.4. The fourth-order valence-electron chi connectivity index (χ4n) is 2.98. The average Bonchev–Trinajstić information content (AvgIpc) is 2.73. The largest absolute Gasteiger partial charge is 0.350 e. The lowest BCUT2D eigenvalue weighted by Crippen LogP contribution is -2.32. The molecule has 7 heteroatoms. The topological polar surface area (TPSA) is 92.3 Å². The molecule has 2 aromatic carbocycles. The lowest BCUT2D eigenvalue weighted by Gasteiger charge is -2.14. The molecular formula is C23H30N2O4S. The molecule has 1 atom stereocenters. The third-order valence-corrected chi connectivity index (χ3v) is 6.29.